The third kappa shape index (κ3) is 5.31. The van der Waals surface area contributed by atoms with Crippen molar-refractivity contribution in [2.75, 3.05) is 5.32 Å². The fourth-order valence-corrected chi connectivity index (χ4v) is 4.95. The lowest BCUT2D eigenvalue weighted by molar-refractivity contribution is -0.119. The molecule has 1 atom stereocenters. The topological polar surface area (TPSA) is 92.8 Å². The van der Waals surface area contributed by atoms with Crippen molar-refractivity contribution < 1.29 is 23.9 Å². The minimum atomic E-state index is -1.05. The van der Waals surface area contributed by atoms with Gasteiger partial charge in [-0.15, -0.1) is 0 Å². The number of amides is 3. The maximum atomic E-state index is 13.5. The maximum Gasteiger partial charge on any atom is 0.338 e. The summed E-state index contributed by atoms with van der Waals surface area (Å²) in [7, 11) is 0. The summed E-state index contributed by atoms with van der Waals surface area (Å²) in [6.07, 6.45) is 5.22. The van der Waals surface area contributed by atoms with Gasteiger partial charge in [0, 0.05) is 12.1 Å². The minimum absolute atomic E-state index is 0.0426. The van der Waals surface area contributed by atoms with Crippen LogP contribution < -0.4 is 5.32 Å². The van der Waals surface area contributed by atoms with Crippen LogP contribution in [0.15, 0.2) is 78.9 Å². The van der Waals surface area contributed by atoms with Crippen molar-refractivity contribution in [1.29, 1.82) is 0 Å². The summed E-state index contributed by atoms with van der Waals surface area (Å²) in [6, 6.07) is 21.2. The number of fused-ring (bicyclic) bond motifs is 1. The monoisotopic (exact) mass is 496 g/mol. The van der Waals surface area contributed by atoms with Crippen LogP contribution in [0.1, 0.15) is 68.7 Å². The number of hydrogen-bond donors (Lipinski definition) is 1. The Kier molecular flexibility index (Phi) is 7.12. The molecule has 37 heavy (non-hydrogen) atoms. The molecule has 0 spiro atoms. The molecular formula is C30H28N2O5. The lowest BCUT2D eigenvalue weighted by Gasteiger charge is -2.25. The molecule has 0 bridgehead atoms. The van der Waals surface area contributed by atoms with E-state index in [2.05, 4.69) is 5.32 Å². The molecule has 3 amide bonds. The Balaban J connectivity index is 1.33. The first-order valence-corrected chi connectivity index (χ1v) is 12.6. The zero-order valence-electron chi connectivity index (χ0n) is 20.4. The summed E-state index contributed by atoms with van der Waals surface area (Å²) in [6.45, 7) is 0. The maximum absolute atomic E-state index is 13.5. The first kappa shape index (κ1) is 24.4. The number of esters is 1. The van der Waals surface area contributed by atoms with Crippen molar-refractivity contribution in [2.24, 2.45) is 0 Å². The zero-order chi connectivity index (χ0) is 25.8. The molecule has 1 aliphatic carbocycles. The molecule has 1 N–H and O–H groups in total. The highest BCUT2D eigenvalue weighted by molar-refractivity contribution is 6.23. The fourth-order valence-electron chi connectivity index (χ4n) is 4.95. The third-order valence-corrected chi connectivity index (χ3v) is 6.93. The van der Waals surface area contributed by atoms with Crippen molar-refractivity contribution in [3.63, 3.8) is 0 Å². The smallest absolute Gasteiger partial charge is 0.338 e. The molecule has 2 aliphatic rings. The van der Waals surface area contributed by atoms with Gasteiger partial charge in [0.2, 0.25) is 5.91 Å². The summed E-state index contributed by atoms with van der Waals surface area (Å²) in [5.74, 6) is -1.84. The van der Waals surface area contributed by atoms with Crippen molar-refractivity contribution in [3.05, 3.63) is 101 Å². The van der Waals surface area contributed by atoms with E-state index in [1.807, 2.05) is 30.3 Å². The molecule has 5 rings (SSSR count). The standard InChI is InChI=1S/C30H28N2O5/c33-27(31-22-17-15-21(16-18-22)30(36)37-23-11-5-2-6-12-23)26(19-20-9-3-1-4-10-20)32-28(34)24-13-7-8-14-25(24)29(32)35/h1,3-4,7-10,13-18,23,26H,2,5-6,11-12,19H2,(H,31,33). The van der Waals surface area contributed by atoms with Gasteiger partial charge in [-0.1, -0.05) is 48.9 Å². The number of anilines is 1. The Morgan fingerprint density at radius 3 is 2.03 bits per heavy atom. The first-order chi connectivity index (χ1) is 18.0. The molecule has 7 nitrogen and oxygen atoms in total. The summed E-state index contributed by atoms with van der Waals surface area (Å²) >= 11 is 0. The van der Waals surface area contributed by atoms with E-state index >= 15 is 0 Å². The van der Waals surface area contributed by atoms with Crippen LogP contribution >= 0.6 is 0 Å². The number of benzene rings is 3. The number of imide groups is 1. The number of nitrogens with one attached hydrogen (secondary N) is 1. The summed E-state index contributed by atoms with van der Waals surface area (Å²) < 4.78 is 5.62. The molecule has 1 heterocycles. The predicted octanol–water partition coefficient (Wildman–Crippen LogP) is 5.02. The molecule has 3 aromatic carbocycles. The van der Waals surface area contributed by atoms with E-state index in [4.69, 9.17) is 4.74 Å². The highest BCUT2D eigenvalue weighted by Gasteiger charge is 2.42. The van der Waals surface area contributed by atoms with Gasteiger partial charge in [-0.3, -0.25) is 19.3 Å². The van der Waals surface area contributed by atoms with E-state index < -0.39 is 23.8 Å². The fraction of sp³-hybridized carbons (Fsp3) is 0.267. The molecule has 1 saturated carbocycles. The Morgan fingerprint density at radius 2 is 1.41 bits per heavy atom. The van der Waals surface area contributed by atoms with Gasteiger partial charge in [0.25, 0.3) is 11.8 Å². The lowest BCUT2D eigenvalue weighted by Crippen LogP contribution is -2.48. The van der Waals surface area contributed by atoms with Crippen LogP contribution in [0.3, 0.4) is 0 Å². The second-order valence-corrected chi connectivity index (χ2v) is 9.46. The van der Waals surface area contributed by atoms with Gasteiger partial charge in [0.15, 0.2) is 0 Å². The normalized spacial score (nSPS) is 16.3. The van der Waals surface area contributed by atoms with Crippen molar-refractivity contribution in [3.8, 4) is 0 Å². The molecule has 0 aromatic heterocycles. The van der Waals surface area contributed by atoms with Crippen LogP contribution in [0.4, 0.5) is 5.69 Å². The van der Waals surface area contributed by atoms with Crippen LogP contribution in [0.25, 0.3) is 0 Å². The molecular weight excluding hydrogens is 468 g/mol. The van der Waals surface area contributed by atoms with Crippen LogP contribution in [0.5, 0.6) is 0 Å². The average Bonchev–Trinajstić information content (AvgIpc) is 3.18. The van der Waals surface area contributed by atoms with Crippen molar-refractivity contribution >= 4 is 29.4 Å². The van der Waals surface area contributed by atoms with E-state index in [9.17, 15) is 19.2 Å². The minimum Gasteiger partial charge on any atom is -0.459 e. The number of rotatable bonds is 7. The molecule has 7 heteroatoms. The van der Waals surface area contributed by atoms with Crippen LogP contribution in [-0.4, -0.2) is 40.7 Å². The Hall–Kier alpha value is -4.26. The van der Waals surface area contributed by atoms with Gasteiger partial charge >= 0.3 is 5.97 Å². The lowest BCUT2D eigenvalue weighted by atomic mass is 9.98. The molecule has 0 radical (unpaired) electrons. The summed E-state index contributed by atoms with van der Waals surface area (Å²) in [5.41, 5.74) is 2.26. The second-order valence-electron chi connectivity index (χ2n) is 9.46. The molecule has 0 saturated heterocycles. The van der Waals surface area contributed by atoms with E-state index in [0.717, 1.165) is 36.1 Å². The van der Waals surface area contributed by atoms with E-state index in [1.54, 1.807) is 48.5 Å². The predicted molar refractivity (Wildman–Crippen MR) is 138 cm³/mol. The van der Waals surface area contributed by atoms with Crippen LogP contribution in [0, 0.1) is 0 Å². The highest BCUT2D eigenvalue weighted by atomic mass is 16.5. The zero-order valence-corrected chi connectivity index (χ0v) is 20.4. The number of carbonyl (C=O) groups excluding carboxylic acids is 4. The second kappa shape index (κ2) is 10.8. The van der Waals surface area contributed by atoms with Gasteiger partial charge in [-0.05, 0) is 67.6 Å². The van der Waals surface area contributed by atoms with Crippen molar-refractivity contribution in [2.45, 2.75) is 50.7 Å². The van der Waals surface area contributed by atoms with Gasteiger partial charge in [-0.2, -0.15) is 0 Å². The Bertz CT molecular complexity index is 1280. The Morgan fingerprint density at radius 1 is 0.811 bits per heavy atom. The summed E-state index contributed by atoms with van der Waals surface area (Å²) in [5, 5.41) is 2.82. The van der Waals surface area contributed by atoms with Gasteiger partial charge < -0.3 is 10.1 Å². The van der Waals surface area contributed by atoms with Crippen LogP contribution in [0.2, 0.25) is 0 Å². The van der Waals surface area contributed by atoms with E-state index in [0.29, 0.717) is 22.4 Å². The van der Waals surface area contributed by atoms with Crippen molar-refractivity contribution in [1.82, 2.24) is 4.90 Å². The number of ether oxygens (including phenoxy) is 1. The van der Waals surface area contributed by atoms with E-state index in [1.165, 1.54) is 6.42 Å². The van der Waals surface area contributed by atoms with Crippen LogP contribution in [-0.2, 0) is 16.0 Å². The number of nitrogens with zero attached hydrogens (tertiary/aromatic N) is 1. The first-order valence-electron chi connectivity index (χ1n) is 12.6. The number of carbonyl (C=O) groups is 4. The Labute approximate surface area is 215 Å². The highest BCUT2D eigenvalue weighted by Crippen LogP contribution is 2.27. The molecule has 1 aliphatic heterocycles. The van der Waals surface area contributed by atoms with E-state index in [-0.39, 0.29) is 18.5 Å². The summed E-state index contributed by atoms with van der Waals surface area (Å²) in [4.78, 5) is 53.3. The van der Waals surface area contributed by atoms with Gasteiger partial charge in [0.1, 0.15) is 12.1 Å². The molecule has 3 aromatic rings. The molecule has 188 valence electrons. The molecule has 1 unspecified atom stereocenters. The SMILES string of the molecule is O=C(OC1CCCCC1)c1ccc(NC(=O)C(Cc2ccccc2)N2C(=O)c3ccccc3C2=O)cc1. The molecule has 1 fully saturated rings. The van der Waals surface area contributed by atoms with Gasteiger partial charge in [0.05, 0.1) is 16.7 Å². The quantitative estimate of drug-likeness (QED) is 0.366. The average molecular weight is 497 g/mol. The van der Waals surface area contributed by atoms with Gasteiger partial charge in [-0.25, -0.2) is 4.79 Å². The number of hydrogen-bond acceptors (Lipinski definition) is 5. The largest absolute Gasteiger partial charge is 0.459 e. The third-order valence-electron chi connectivity index (χ3n) is 6.93.